The molecule has 6 heteroatoms. The number of nitrogens with zero attached hydrogens (tertiary/aromatic N) is 1. The summed E-state index contributed by atoms with van der Waals surface area (Å²) in [5, 5.41) is 4.94. The smallest absolute Gasteiger partial charge is 0.319 e. The summed E-state index contributed by atoms with van der Waals surface area (Å²) < 4.78 is 5.22. The fourth-order valence-corrected chi connectivity index (χ4v) is 3.27. The van der Waals surface area contributed by atoms with E-state index in [1.807, 2.05) is 30.3 Å². The van der Waals surface area contributed by atoms with Crippen molar-refractivity contribution in [3.63, 3.8) is 0 Å². The number of rotatable bonds is 4. The van der Waals surface area contributed by atoms with E-state index >= 15 is 0 Å². The summed E-state index contributed by atoms with van der Waals surface area (Å²) in [6.07, 6.45) is -0.576. The van der Waals surface area contributed by atoms with Gasteiger partial charge in [0.2, 0.25) is 0 Å². The van der Waals surface area contributed by atoms with Crippen LogP contribution in [0, 0.1) is 5.92 Å². The van der Waals surface area contributed by atoms with Crippen LogP contribution in [0.2, 0.25) is 10.0 Å². The van der Waals surface area contributed by atoms with Crippen LogP contribution in [0.1, 0.15) is 24.2 Å². The first-order chi connectivity index (χ1) is 11.6. The van der Waals surface area contributed by atoms with Crippen LogP contribution in [0.3, 0.4) is 0 Å². The molecular formula is C18H15Cl2NO3. The second-order valence-corrected chi connectivity index (χ2v) is 6.05. The molecule has 0 aromatic heterocycles. The third kappa shape index (κ3) is 3.12. The van der Waals surface area contributed by atoms with E-state index in [4.69, 9.17) is 32.8 Å². The number of hydrogen-bond donors (Lipinski definition) is 0. The predicted octanol–water partition coefficient (Wildman–Crippen LogP) is 4.65. The normalized spacial score (nSPS) is 19.5. The SMILES string of the molecule is CCOC(=O)[C@@H]1C(c2c(Cl)cccc2Cl)=NO[C@H]1c1ccccc1. The van der Waals surface area contributed by atoms with Crippen LogP contribution in [0.4, 0.5) is 0 Å². The molecule has 24 heavy (non-hydrogen) atoms. The van der Waals surface area contributed by atoms with Gasteiger partial charge >= 0.3 is 5.97 Å². The van der Waals surface area contributed by atoms with Crippen LogP contribution < -0.4 is 0 Å². The van der Waals surface area contributed by atoms with E-state index in [-0.39, 0.29) is 6.61 Å². The van der Waals surface area contributed by atoms with Gasteiger partial charge in [-0.3, -0.25) is 4.79 Å². The van der Waals surface area contributed by atoms with Crippen molar-refractivity contribution in [2.24, 2.45) is 11.1 Å². The van der Waals surface area contributed by atoms with E-state index in [1.54, 1.807) is 25.1 Å². The first-order valence-corrected chi connectivity index (χ1v) is 8.28. The lowest BCUT2D eigenvalue weighted by Gasteiger charge is -2.18. The van der Waals surface area contributed by atoms with Crippen molar-refractivity contribution in [3.8, 4) is 0 Å². The largest absolute Gasteiger partial charge is 0.465 e. The standard InChI is InChI=1S/C18H15Cl2NO3/c1-2-23-18(22)15-16(14-12(19)9-6-10-13(14)20)21-24-17(15)11-7-4-3-5-8-11/h3-10,15,17H,2H2,1H3/t15-,17+/m1/s1. The molecule has 1 aliphatic heterocycles. The van der Waals surface area contributed by atoms with Crippen molar-refractivity contribution in [2.75, 3.05) is 6.61 Å². The maximum atomic E-state index is 12.6. The summed E-state index contributed by atoms with van der Waals surface area (Å²) in [7, 11) is 0. The van der Waals surface area contributed by atoms with E-state index in [1.165, 1.54) is 0 Å². The molecule has 2 aromatic carbocycles. The average Bonchev–Trinajstić information content (AvgIpc) is 3.00. The number of oxime groups is 1. The molecule has 124 valence electrons. The molecule has 0 unspecified atom stereocenters. The Bertz CT molecular complexity index is 757. The minimum absolute atomic E-state index is 0.264. The van der Waals surface area contributed by atoms with Crippen molar-refractivity contribution in [1.82, 2.24) is 0 Å². The van der Waals surface area contributed by atoms with Crippen LogP contribution in [-0.2, 0) is 14.4 Å². The van der Waals surface area contributed by atoms with Crippen LogP contribution in [0.5, 0.6) is 0 Å². The molecule has 1 aliphatic rings. The van der Waals surface area contributed by atoms with Gasteiger partial charge in [0.25, 0.3) is 0 Å². The zero-order chi connectivity index (χ0) is 17.1. The quantitative estimate of drug-likeness (QED) is 0.742. The highest BCUT2D eigenvalue weighted by Crippen LogP contribution is 2.39. The highest BCUT2D eigenvalue weighted by Gasteiger charge is 2.43. The lowest BCUT2D eigenvalue weighted by Crippen LogP contribution is -2.29. The third-order valence-electron chi connectivity index (χ3n) is 3.75. The Morgan fingerprint density at radius 3 is 2.42 bits per heavy atom. The first kappa shape index (κ1) is 16.8. The zero-order valence-corrected chi connectivity index (χ0v) is 14.4. The maximum Gasteiger partial charge on any atom is 0.319 e. The fraction of sp³-hybridized carbons (Fsp3) is 0.222. The molecule has 2 atom stereocenters. The molecule has 0 amide bonds. The molecule has 0 bridgehead atoms. The minimum Gasteiger partial charge on any atom is -0.465 e. The van der Waals surface area contributed by atoms with Crippen molar-refractivity contribution in [3.05, 3.63) is 69.7 Å². The predicted molar refractivity (Wildman–Crippen MR) is 93.4 cm³/mol. The average molecular weight is 364 g/mol. The topological polar surface area (TPSA) is 47.9 Å². The van der Waals surface area contributed by atoms with Gasteiger partial charge in [-0.25, -0.2) is 0 Å². The molecule has 0 fully saturated rings. The minimum atomic E-state index is -0.732. The number of esters is 1. The third-order valence-corrected chi connectivity index (χ3v) is 4.38. The summed E-state index contributed by atoms with van der Waals surface area (Å²) in [5.41, 5.74) is 1.72. The number of halogens is 2. The summed E-state index contributed by atoms with van der Waals surface area (Å²) in [5.74, 6) is -1.15. The molecule has 3 rings (SSSR count). The molecule has 0 radical (unpaired) electrons. The van der Waals surface area contributed by atoms with Gasteiger partial charge in [0, 0.05) is 5.56 Å². The Morgan fingerprint density at radius 1 is 1.12 bits per heavy atom. The highest BCUT2D eigenvalue weighted by molar-refractivity contribution is 6.41. The molecule has 1 heterocycles. The summed E-state index contributed by atoms with van der Waals surface area (Å²) >= 11 is 12.6. The second-order valence-electron chi connectivity index (χ2n) is 5.24. The Morgan fingerprint density at radius 2 is 1.79 bits per heavy atom. The molecule has 2 aromatic rings. The van der Waals surface area contributed by atoms with Gasteiger partial charge in [-0.1, -0.05) is 64.8 Å². The van der Waals surface area contributed by atoms with Gasteiger partial charge in [-0.2, -0.15) is 0 Å². The molecular weight excluding hydrogens is 349 g/mol. The second kappa shape index (κ2) is 7.24. The van der Waals surface area contributed by atoms with Crippen LogP contribution in [0.25, 0.3) is 0 Å². The van der Waals surface area contributed by atoms with Gasteiger partial charge in [-0.15, -0.1) is 0 Å². The Kier molecular flexibility index (Phi) is 5.07. The Hall–Kier alpha value is -2.04. The van der Waals surface area contributed by atoms with Gasteiger partial charge in [-0.05, 0) is 24.6 Å². The van der Waals surface area contributed by atoms with Crippen molar-refractivity contribution in [2.45, 2.75) is 13.0 Å². The van der Waals surface area contributed by atoms with Gasteiger partial charge in [0.1, 0.15) is 11.6 Å². The fourth-order valence-electron chi connectivity index (χ4n) is 2.68. The van der Waals surface area contributed by atoms with E-state index < -0.39 is 18.0 Å². The van der Waals surface area contributed by atoms with Gasteiger partial charge < -0.3 is 9.57 Å². The lowest BCUT2D eigenvalue weighted by atomic mass is 9.88. The molecule has 0 saturated carbocycles. The lowest BCUT2D eigenvalue weighted by molar-refractivity contribution is -0.148. The van der Waals surface area contributed by atoms with Crippen molar-refractivity contribution >= 4 is 34.9 Å². The van der Waals surface area contributed by atoms with Crippen LogP contribution in [-0.4, -0.2) is 18.3 Å². The number of benzene rings is 2. The molecule has 0 saturated heterocycles. The van der Waals surface area contributed by atoms with E-state index in [9.17, 15) is 4.79 Å². The van der Waals surface area contributed by atoms with Crippen LogP contribution >= 0.6 is 23.2 Å². The van der Waals surface area contributed by atoms with Crippen LogP contribution in [0.15, 0.2) is 53.7 Å². The van der Waals surface area contributed by atoms with E-state index in [0.29, 0.717) is 21.3 Å². The summed E-state index contributed by atoms with van der Waals surface area (Å²) in [6, 6.07) is 14.5. The summed E-state index contributed by atoms with van der Waals surface area (Å²) in [4.78, 5) is 18.1. The van der Waals surface area contributed by atoms with Crippen molar-refractivity contribution in [1.29, 1.82) is 0 Å². The first-order valence-electron chi connectivity index (χ1n) is 7.53. The molecule has 0 N–H and O–H groups in total. The Balaban J connectivity index is 2.04. The monoisotopic (exact) mass is 363 g/mol. The maximum absolute atomic E-state index is 12.6. The van der Waals surface area contributed by atoms with E-state index in [2.05, 4.69) is 5.16 Å². The number of hydrogen-bond acceptors (Lipinski definition) is 4. The zero-order valence-electron chi connectivity index (χ0n) is 12.9. The molecule has 0 spiro atoms. The van der Waals surface area contributed by atoms with Gasteiger partial charge in [0.05, 0.1) is 16.7 Å². The van der Waals surface area contributed by atoms with E-state index in [0.717, 1.165) is 5.56 Å². The summed E-state index contributed by atoms with van der Waals surface area (Å²) in [6.45, 7) is 2.02. The van der Waals surface area contributed by atoms with Gasteiger partial charge in [0.15, 0.2) is 6.10 Å². The Labute approximate surface area is 150 Å². The number of carbonyl (C=O) groups excluding carboxylic acids is 1. The molecule has 4 nitrogen and oxygen atoms in total. The molecule has 0 aliphatic carbocycles. The highest BCUT2D eigenvalue weighted by atomic mass is 35.5. The number of ether oxygens (including phenoxy) is 1. The van der Waals surface area contributed by atoms with Crippen molar-refractivity contribution < 1.29 is 14.4 Å². The number of carbonyl (C=O) groups is 1.